The third-order valence-corrected chi connectivity index (χ3v) is 11.0. The summed E-state index contributed by atoms with van der Waals surface area (Å²) >= 11 is 0. The number of hydrogen-bond acceptors (Lipinski definition) is 2. The van der Waals surface area contributed by atoms with Crippen LogP contribution in [0.3, 0.4) is 0 Å². The Morgan fingerprint density at radius 2 is 0.630 bits per heavy atom. The molecule has 0 bridgehead atoms. The van der Waals surface area contributed by atoms with Gasteiger partial charge in [-0.15, -0.1) is 0 Å². The Bertz CT molecular complexity index is 2810. The molecule has 0 saturated heterocycles. The topological polar surface area (TPSA) is 6.48 Å². The van der Waals surface area contributed by atoms with Crippen LogP contribution in [0.5, 0.6) is 0 Å². The zero-order valence-corrected chi connectivity index (χ0v) is 30.4. The molecule has 0 saturated carbocycles. The Kier molecular flexibility index (Phi) is 7.63. The summed E-state index contributed by atoms with van der Waals surface area (Å²) < 4.78 is 0. The van der Waals surface area contributed by atoms with E-state index in [-0.39, 0.29) is 0 Å². The Labute approximate surface area is 315 Å². The predicted octanol–water partition coefficient (Wildman–Crippen LogP) is 15.0. The van der Waals surface area contributed by atoms with Crippen LogP contribution in [0.15, 0.2) is 194 Å². The number of nitrogens with zero attached hydrogens (tertiary/aromatic N) is 2. The maximum absolute atomic E-state index is 2.47. The summed E-state index contributed by atoms with van der Waals surface area (Å²) in [6.45, 7) is 4.47. The van der Waals surface area contributed by atoms with Crippen molar-refractivity contribution in [2.75, 3.05) is 9.80 Å². The normalized spacial score (nSPS) is 11.5. The lowest BCUT2D eigenvalue weighted by molar-refractivity contribution is 1.26. The molecule has 0 unspecified atom stereocenters. The first-order chi connectivity index (χ1) is 26.6. The van der Waals surface area contributed by atoms with Crippen molar-refractivity contribution in [3.8, 4) is 0 Å². The monoisotopic (exact) mass is 690 g/mol. The molecule has 2 heteroatoms. The molecule has 0 N–H and O–H groups in total. The van der Waals surface area contributed by atoms with Gasteiger partial charge in [-0.25, -0.2) is 0 Å². The molecule has 10 aromatic rings. The van der Waals surface area contributed by atoms with E-state index in [1.807, 2.05) is 0 Å². The molecule has 256 valence electrons. The van der Waals surface area contributed by atoms with Gasteiger partial charge >= 0.3 is 0 Å². The first-order valence-corrected chi connectivity index (χ1v) is 18.7. The Balaban J connectivity index is 1.26. The Morgan fingerprint density at radius 1 is 0.278 bits per heavy atom. The molecular formula is C52H38N2. The summed E-state index contributed by atoms with van der Waals surface area (Å²) in [5.74, 6) is 0. The van der Waals surface area contributed by atoms with Gasteiger partial charge in [0.15, 0.2) is 0 Å². The van der Waals surface area contributed by atoms with Gasteiger partial charge in [-0.3, -0.25) is 0 Å². The van der Waals surface area contributed by atoms with Gasteiger partial charge in [0.05, 0.1) is 22.7 Å². The molecule has 10 aromatic carbocycles. The second-order valence-electron chi connectivity index (χ2n) is 14.3. The molecule has 0 aromatic heterocycles. The molecule has 0 aliphatic carbocycles. The molecule has 0 aliphatic rings. The molecule has 0 amide bonds. The Morgan fingerprint density at radius 3 is 1.04 bits per heavy atom. The number of para-hydroxylation sites is 2. The second kappa shape index (κ2) is 12.9. The number of fused-ring (bicyclic) bond motifs is 5. The summed E-state index contributed by atoms with van der Waals surface area (Å²) in [5.41, 5.74) is 9.35. The van der Waals surface area contributed by atoms with Crippen LogP contribution < -0.4 is 9.80 Å². The zero-order chi connectivity index (χ0) is 36.2. The fourth-order valence-corrected chi connectivity index (χ4v) is 8.40. The molecule has 0 aliphatic heterocycles. The van der Waals surface area contributed by atoms with E-state index in [0.717, 1.165) is 22.7 Å². The summed E-state index contributed by atoms with van der Waals surface area (Å²) in [6.07, 6.45) is 0. The molecule has 54 heavy (non-hydrogen) atoms. The predicted molar refractivity (Wildman–Crippen MR) is 233 cm³/mol. The minimum Gasteiger partial charge on any atom is -0.309 e. The van der Waals surface area contributed by atoms with Gasteiger partial charge in [0.1, 0.15) is 0 Å². The minimum absolute atomic E-state index is 1.12. The molecule has 10 rings (SSSR count). The van der Waals surface area contributed by atoms with Gasteiger partial charge < -0.3 is 9.80 Å². The maximum Gasteiger partial charge on any atom is 0.0569 e. The van der Waals surface area contributed by atoms with Gasteiger partial charge in [-0.2, -0.15) is 0 Å². The summed E-state index contributed by atoms with van der Waals surface area (Å²) in [7, 11) is 0. The number of anilines is 6. The summed E-state index contributed by atoms with van der Waals surface area (Å²) in [5, 5.41) is 12.3. The Hall–Kier alpha value is -6.90. The van der Waals surface area contributed by atoms with Crippen LogP contribution in [0.25, 0.3) is 53.9 Å². The van der Waals surface area contributed by atoms with E-state index in [1.165, 1.54) is 76.4 Å². The summed E-state index contributed by atoms with van der Waals surface area (Å²) in [4.78, 5) is 4.95. The number of benzene rings is 10. The van der Waals surface area contributed by atoms with Gasteiger partial charge in [0.2, 0.25) is 0 Å². The average molecular weight is 691 g/mol. The van der Waals surface area contributed by atoms with Crippen LogP contribution in [0.2, 0.25) is 0 Å². The van der Waals surface area contributed by atoms with Crippen LogP contribution in [0, 0.1) is 13.8 Å². The lowest BCUT2D eigenvalue weighted by Crippen LogP contribution is -2.15. The second-order valence-corrected chi connectivity index (χ2v) is 14.3. The van der Waals surface area contributed by atoms with E-state index >= 15 is 0 Å². The molecule has 2 nitrogen and oxygen atoms in total. The third kappa shape index (κ3) is 5.26. The smallest absolute Gasteiger partial charge is 0.0569 e. The van der Waals surface area contributed by atoms with Crippen LogP contribution in [0.1, 0.15) is 11.1 Å². The van der Waals surface area contributed by atoms with E-state index in [4.69, 9.17) is 0 Å². The largest absolute Gasteiger partial charge is 0.309 e. The highest BCUT2D eigenvalue weighted by atomic mass is 15.2. The average Bonchev–Trinajstić information content (AvgIpc) is 3.22. The standard InChI is InChI=1S/C52H38N2/c1-35-25-27-41-31-37-15-9-11-17-39(37)33-47(41)51(35)53(43-19-5-3-6-20-43)49-29-30-50(46-24-14-13-23-45(46)49)54(44-21-7-4-8-22-44)52-36(2)26-28-42-32-38-16-10-12-18-40(38)34-48(42)52/h3-34H,1-2H3. The maximum atomic E-state index is 2.47. The fraction of sp³-hybridized carbons (Fsp3) is 0.0385. The van der Waals surface area contributed by atoms with Gasteiger partial charge in [0, 0.05) is 32.9 Å². The minimum atomic E-state index is 1.12. The highest BCUT2D eigenvalue weighted by Gasteiger charge is 2.24. The highest BCUT2D eigenvalue weighted by molar-refractivity contribution is 6.14. The van der Waals surface area contributed by atoms with E-state index < -0.39 is 0 Å². The van der Waals surface area contributed by atoms with Gasteiger partial charge in [-0.05, 0) is 118 Å². The molecule has 0 radical (unpaired) electrons. The summed E-state index contributed by atoms with van der Waals surface area (Å²) in [6, 6.07) is 71.0. The van der Waals surface area contributed by atoms with Crippen molar-refractivity contribution in [2.24, 2.45) is 0 Å². The molecule has 0 spiro atoms. The van der Waals surface area contributed by atoms with Crippen molar-refractivity contribution in [3.63, 3.8) is 0 Å². The number of rotatable bonds is 6. The van der Waals surface area contributed by atoms with Crippen molar-refractivity contribution in [1.29, 1.82) is 0 Å². The van der Waals surface area contributed by atoms with Crippen molar-refractivity contribution < 1.29 is 0 Å². The first kappa shape index (κ1) is 31.8. The third-order valence-electron chi connectivity index (χ3n) is 11.0. The van der Waals surface area contributed by atoms with Crippen molar-refractivity contribution in [2.45, 2.75) is 13.8 Å². The van der Waals surface area contributed by atoms with Gasteiger partial charge in [-0.1, -0.05) is 133 Å². The molecule has 0 heterocycles. The zero-order valence-electron chi connectivity index (χ0n) is 30.4. The highest BCUT2D eigenvalue weighted by Crippen LogP contribution is 2.49. The lowest BCUT2D eigenvalue weighted by atomic mass is 9.96. The van der Waals surface area contributed by atoms with Gasteiger partial charge in [0.25, 0.3) is 0 Å². The van der Waals surface area contributed by atoms with E-state index in [9.17, 15) is 0 Å². The van der Waals surface area contributed by atoms with E-state index in [2.05, 4.69) is 218 Å². The molecule has 0 fully saturated rings. The van der Waals surface area contributed by atoms with Crippen molar-refractivity contribution >= 4 is 88.0 Å². The molecule has 0 atom stereocenters. The van der Waals surface area contributed by atoms with Crippen LogP contribution >= 0.6 is 0 Å². The first-order valence-electron chi connectivity index (χ1n) is 18.7. The van der Waals surface area contributed by atoms with E-state index in [0.29, 0.717) is 0 Å². The fourth-order valence-electron chi connectivity index (χ4n) is 8.40. The van der Waals surface area contributed by atoms with Crippen LogP contribution in [0.4, 0.5) is 34.1 Å². The number of aryl methyl sites for hydroxylation is 2. The van der Waals surface area contributed by atoms with Crippen molar-refractivity contribution in [1.82, 2.24) is 0 Å². The quantitative estimate of drug-likeness (QED) is 0.160. The number of hydrogen-bond donors (Lipinski definition) is 0. The van der Waals surface area contributed by atoms with Crippen molar-refractivity contribution in [3.05, 3.63) is 205 Å². The van der Waals surface area contributed by atoms with E-state index in [1.54, 1.807) is 0 Å². The van der Waals surface area contributed by atoms with Crippen LogP contribution in [-0.4, -0.2) is 0 Å². The molecular weight excluding hydrogens is 653 g/mol. The SMILES string of the molecule is Cc1ccc2cc3ccccc3cc2c1N(c1ccccc1)c1ccc(N(c2ccccc2)c2c(C)ccc3cc4ccccc4cc23)c2ccccc12. The van der Waals surface area contributed by atoms with Crippen LogP contribution in [-0.2, 0) is 0 Å². The lowest BCUT2D eigenvalue weighted by Gasteiger charge is -2.33.